The number of pyridine rings is 1. The molecule has 0 radical (unpaired) electrons. The van der Waals surface area contributed by atoms with Crippen LogP contribution in [0.3, 0.4) is 0 Å². The molecule has 0 fully saturated rings. The Hall–Kier alpha value is -1.29. The molecule has 0 spiro atoms. The first kappa shape index (κ1) is 13.8. The van der Waals surface area contributed by atoms with Gasteiger partial charge in [-0.15, -0.1) is 18.3 Å². The Balaban J connectivity index is 2.96. The fourth-order valence-electron chi connectivity index (χ4n) is 1.49. The van der Waals surface area contributed by atoms with Gasteiger partial charge < -0.3 is 5.11 Å². The van der Waals surface area contributed by atoms with Gasteiger partial charge in [0, 0.05) is 11.4 Å². The molecule has 0 unspecified atom stereocenters. The molecule has 92 valence electrons. The molecular formula is C13H17NO2S. The Kier molecular flexibility index (Phi) is 4.75. The molecule has 0 aliphatic rings. The van der Waals surface area contributed by atoms with E-state index in [1.54, 1.807) is 13.0 Å². The summed E-state index contributed by atoms with van der Waals surface area (Å²) in [5, 5.41) is 9.78. The van der Waals surface area contributed by atoms with Crippen LogP contribution in [-0.2, 0) is 0 Å². The van der Waals surface area contributed by atoms with Crippen LogP contribution in [-0.4, -0.2) is 21.8 Å². The normalized spacial score (nSPS) is 10.3. The zero-order chi connectivity index (χ0) is 13.0. The van der Waals surface area contributed by atoms with Gasteiger partial charge in [-0.1, -0.05) is 5.57 Å². The average Bonchev–Trinajstić information content (AvgIpc) is 2.14. The van der Waals surface area contributed by atoms with Crippen molar-refractivity contribution in [3.63, 3.8) is 0 Å². The standard InChI is InChI=1S/C13H17NO2S/c1-8(2)5-6-17-12-11(13(15)16)9(3)7-10(4)14-12/h7H,1,5-6H2,2-4H3,(H,15,16). The Morgan fingerprint density at radius 3 is 2.71 bits per heavy atom. The van der Waals surface area contributed by atoms with Crippen LogP contribution in [0.5, 0.6) is 0 Å². The Labute approximate surface area is 106 Å². The van der Waals surface area contributed by atoms with E-state index < -0.39 is 5.97 Å². The van der Waals surface area contributed by atoms with Crippen LogP contribution in [0, 0.1) is 13.8 Å². The lowest BCUT2D eigenvalue weighted by atomic mass is 10.1. The average molecular weight is 251 g/mol. The van der Waals surface area contributed by atoms with Crippen LogP contribution in [0.2, 0.25) is 0 Å². The SMILES string of the molecule is C=C(C)CCSc1nc(C)cc(C)c1C(=O)O. The van der Waals surface area contributed by atoms with Crippen molar-refractivity contribution in [2.24, 2.45) is 0 Å². The number of aryl methyl sites for hydroxylation is 2. The fraction of sp³-hybridized carbons (Fsp3) is 0.385. The number of hydrogen-bond acceptors (Lipinski definition) is 3. The molecule has 0 aliphatic heterocycles. The van der Waals surface area contributed by atoms with Gasteiger partial charge in [0.1, 0.15) is 5.03 Å². The van der Waals surface area contributed by atoms with E-state index in [0.717, 1.165) is 29.0 Å². The molecule has 1 rings (SSSR count). The molecular weight excluding hydrogens is 234 g/mol. The quantitative estimate of drug-likeness (QED) is 0.643. The molecule has 1 N–H and O–H groups in total. The second-order valence-corrected chi connectivity index (χ2v) is 5.21. The van der Waals surface area contributed by atoms with Crippen LogP contribution in [0.15, 0.2) is 23.2 Å². The number of thioether (sulfide) groups is 1. The minimum absolute atomic E-state index is 0.322. The number of carboxylic acids is 1. The van der Waals surface area contributed by atoms with E-state index >= 15 is 0 Å². The lowest BCUT2D eigenvalue weighted by Gasteiger charge is -2.09. The summed E-state index contributed by atoms with van der Waals surface area (Å²) in [6.07, 6.45) is 0.873. The maximum absolute atomic E-state index is 11.2. The van der Waals surface area contributed by atoms with Crippen LogP contribution in [0.4, 0.5) is 0 Å². The monoisotopic (exact) mass is 251 g/mol. The summed E-state index contributed by atoms with van der Waals surface area (Å²) in [5.74, 6) is -0.0984. The van der Waals surface area contributed by atoms with Crippen molar-refractivity contribution < 1.29 is 9.90 Å². The predicted octanol–water partition coefficient (Wildman–Crippen LogP) is 3.45. The number of aromatic carboxylic acids is 1. The first-order valence-electron chi connectivity index (χ1n) is 5.40. The molecule has 0 saturated heterocycles. The van der Waals surface area contributed by atoms with Crippen LogP contribution in [0.1, 0.15) is 35.0 Å². The minimum atomic E-state index is -0.909. The highest BCUT2D eigenvalue weighted by molar-refractivity contribution is 7.99. The number of carboxylic acid groups (broad SMARTS) is 1. The van der Waals surface area contributed by atoms with Gasteiger partial charge in [0.05, 0.1) is 5.56 Å². The largest absolute Gasteiger partial charge is 0.478 e. The summed E-state index contributed by atoms with van der Waals surface area (Å²) >= 11 is 1.48. The number of carbonyl (C=O) groups is 1. The fourth-order valence-corrected chi connectivity index (χ4v) is 2.73. The number of nitrogens with zero attached hydrogens (tertiary/aromatic N) is 1. The van der Waals surface area contributed by atoms with E-state index in [4.69, 9.17) is 0 Å². The van der Waals surface area contributed by atoms with E-state index in [1.165, 1.54) is 11.8 Å². The third-order valence-electron chi connectivity index (χ3n) is 2.29. The van der Waals surface area contributed by atoms with Crippen molar-refractivity contribution in [3.05, 3.63) is 35.0 Å². The van der Waals surface area contributed by atoms with Crippen molar-refractivity contribution >= 4 is 17.7 Å². The third kappa shape index (κ3) is 3.89. The van der Waals surface area contributed by atoms with E-state index in [9.17, 15) is 9.90 Å². The molecule has 0 amide bonds. The number of aromatic nitrogens is 1. The summed E-state index contributed by atoms with van der Waals surface area (Å²) in [5.41, 5.74) is 3.04. The van der Waals surface area contributed by atoms with Crippen LogP contribution in [0.25, 0.3) is 0 Å². The molecule has 0 saturated carbocycles. The molecule has 1 aromatic heterocycles. The highest BCUT2D eigenvalue weighted by atomic mass is 32.2. The van der Waals surface area contributed by atoms with Crippen molar-refractivity contribution in [2.45, 2.75) is 32.2 Å². The smallest absolute Gasteiger partial charge is 0.338 e. The molecule has 1 heterocycles. The Morgan fingerprint density at radius 1 is 1.53 bits per heavy atom. The van der Waals surface area contributed by atoms with Gasteiger partial charge >= 0.3 is 5.97 Å². The second kappa shape index (κ2) is 5.87. The first-order valence-corrected chi connectivity index (χ1v) is 6.39. The molecule has 1 aromatic rings. The first-order chi connectivity index (χ1) is 7.91. The lowest BCUT2D eigenvalue weighted by Crippen LogP contribution is -2.05. The molecule has 4 heteroatoms. The Morgan fingerprint density at radius 2 is 2.18 bits per heavy atom. The third-order valence-corrected chi connectivity index (χ3v) is 3.27. The van der Waals surface area contributed by atoms with Gasteiger partial charge in [-0.05, 0) is 38.8 Å². The summed E-state index contributed by atoms with van der Waals surface area (Å²) in [6.45, 7) is 9.48. The molecule has 0 aliphatic carbocycles. The van der Waals surface area contributed by atoms with Gasteiger partial charge in [0.25, 0.3) is 0 Å². The van der Waals surface area contributed by atoms with E-state index in [0.29, 0.717) is 10.6 Å². The topological polar surface area (TPSA) is 50.2 Å². The summed E-state index contributed by atoms with van der Waals surface area (Å²) in [4.78, 5) is 15.5. The number of hydrogen-bond donors (Lipinski definition) is 1. The maximum Gasteiger partial charge on any atom is 0.338 e. The molecule has 3 nitrogen and oxygen atoms in total. The van der Waals surface area contributed by atoms with Crippen molar-refractivity contribution in [1.82, 2.24) is 4.98 Å². The van der Waals surface area contributed by atoms with Gasteiger partial charge in [-0.2, -0.15) is 0 Å². The molecule has 0 atom stereocenters. The van der Waals surface area contributed by atoms with E-state index in [1.807, 2.05) is 13.8 Å². The van der Waals surface area contributed by atoms with Crippen molar-refractivity contribution in [3.8, 4) is 0 Å². The van der Waals surface area contributed by atoms with E-state index in [2.05, 4.69) is 11.6 Å². The van der Waals surface area contributed by atoms with Gasteiger partial charge in [0.15, 0.2) is 0 Å². The number of allylic oxidation sites excluding steroid dienone is 1. The molecule has 0 bridgehead atoms. The maximum atomic E-state index is 11.2. The zero-order valence-corrected chi connectivity index (χ0v) is 11.2. The zero-order valence-electron chi connectivity index (χ0n) is 10.4. The lowest BCUT2D eigenvalue weighted by molar-refractivity contribution is 0.0691. The van der Waals surface area contributed by atoms with Gasteiger partial charge in [-0.25, -0.2) is 9.78 Å². The highest BCUT2D eigenvalue weighted by Gasteiger charge is 2.15. The second-order valence-electron chi connectivity index (χ2n) is 4.12. The molecule has 0 aromatic carbocycles. The van der Waals surface area contributed by atoms with E-state index in [-0.39, 0.29) is 0 Å². The predicted molar refractivity (Wildman–Crippen MR) is 70.8 cm³/mol. The summed E-state index contributed by atoms with van der Waals surface area (Å²) < 4.78 is 0. The summed E-state index contributed by atoms with van der Waals surface area (Å²) in [7, 11) is 0. The number of rotatable bonds is 5. The van der Waals surface area contributed by atoms with Gasteiger partial charge in [-0.3, -0.25) is 0 Å². The highest BCUT2D eigenvalue weighted by Crippen LogP contribution is 2.25. The minimum Gasteiger partial charge on any atom is -0.478 e. The summed E-state index contributed by atoms with van der Waals surface area (Å²) in [6, 6.07) is 1.80. The van der Waals surface area contributed by atoms with Crippen molar-refractivity contribution in [1.29, 1.82) is 0 Å². The van der Waals surface area contributed by atoms with Gasteiger partial charge in [0.2, 0.25) is 0 Å². The van der Waals surface area contributed by atoms with Crippen LogP contribution >= 0.6 is 11.8 Å². The van der Waals surface area contributed by atoms with Crippen LogP contribution < -0.4 is 0 Å². The Bertz CT molecular complexity index is 455. The molecule has 17 heavy (non-hydrogen) atoms. The van der Waals surface area contributed by atoms with Crippen molar-refractivity contribution in [2.75, 3.05) is 5.75 Å².